The van der Waals surface area contributed by atoms with E-state index in [1.54, 1.807) is 12.1 Å². The second-order valence-corrected chi connectivity index (χ2v) is 5.07. The Balaban J connectivity index is 2.29. The molecule has 1 heterocycles. The monoisotopic (exact) mass is 263 g/mol. The van der Waals surface area contributed by atoms with Gasteiger partial charge in [0.15, 0.2) is 0 Å². The molecule has 0 aliphatic heterocycles. The summed E-state index contributed by atoms with van der Waals surface area (Å²) in [5, 5.41) is 4.19. The number of furan rings is 1. The van der Waals surface area contributed by atoms with Gasteiger partial charge < -0.3 is 9.73 Å². The third-order valence-electron chi connectivity index (χ3n) is 3.70. The van der Waals surface area contributed by atoms with E-state index in [1.165, 1.54) is 25.3 Å². The maximum Gasteiger partial charge on any atom is 0.134 e. The van der Waals surface area contributed by atoms with Crippen molar-refractivity contribution in [2.24, 2.45) is 0 Å². The number of fused-ring (bicyclic) bond motifs is 1. The molecule has 1 N–H and O–H groups in total. The van der Waals surface area contributed by atoms with Gasteiger partial charge in [0.1, 0.15) is 17.2 Å². The van der Waals surface area contributed by atoms with E-state index in [-0.39, 0.29) is 11.9 Å². The van der Waals surface area contributed by atoms with E-state index in [1.807, 2.05) is 14.0 Å². The molecule has 0 aliphatic rings. The molecule has 0 bridgehead atoms. The molecule has 1 atom stereocenters. The van der Waals surface area contributed by atoms with Crippen LogP contribution in [0.2, 0.25) is 0 Å². The standard InChI is InChI=1S/C16H22FNO/c1-4-5-6-7-14(18-3)16-11(2)13-10-12(17)8-9-15(13)19-16/h8-10,14,18H,4-7H2,1-3H3. The van der Waals surface area contributed by atoms with E-state index in [0.717, 1.165) is 28.7 Å². The van der Waals surface area contributed by atoms with Gasteiger partial charge >= 0.3 is 0 Å². The number of halogens is 1. The van der Waals surface area contributed by atoms with Gasteiger partial charge in [-0.05, 0) is 38.6 Å². The zero-order valence-corrected chi connectivity index (χ0v) is 11.9. The van der Waals surface area contributed by atoms with Crippen LogP contribution in [0.25, 0.3) is 11.0 Å². The molecule has 2 rings (SSSR count). The Morgan fingerprint density at radius 2 is 2.11 bits per heavy atom. The Morgan fingerprint density at radius 1 is 1.32 bits per heavy atom. The molecule has 3 heteroatoms. The summed E-state index contributed by atoms with van der Waals surface area (Å²) in [6, 6.07) is 4.92. The number of unbranched alkanes of at least 4 members (excludes halogenated alkanes) is 2. The zero-order valence-electron chi connectivity index (χ0n) is 11.9. The second-order valence-electron chi connectivity index (χ2n) is 5.07. The van der Waals surface area contributed by atoms with E-state index in [2.05, 4.69) is 12.2 Å². The number of aryl methyl sites for hydroxylation is 1. The van der Waals surface area contributed by atoms with Crippen LogP contribution in [0.3, 0.4) is 0 Å². The normalized spacial score (nSPS) is 13.1. The summed E-state index contributed by atoms with van der Waals surface area (Å²) in [6.07, 6.45) is 4.66. The molecule has 1 aromatic carbocycles. The predicted molar refractivity (Wildman–Crippen MR) is 76.9 cm³/mol. The van der Waals surface area contributed by atoms with Gasteiger partial charge in [-0.3, -0.25) is 0 Å². The molecule has 1 aromatic heterocycles. The van der Waals surface area contributed by atoms with Crippen LogP contribution in [0.1, 0.15) is 50.0 Å². The zero-order chi connectivity index (χ0) is 13.8. The van der Waals surface area contributed by atoms with E-state index < -0.39 is 0 Å². The van der Waals surface area contributed by atoms with Gasteiger partial charge in [0, 0.05) is 10.9 Å². The molecule has 0 radical (unpaired) electrons. The largest absolute Gasteiger partial charge is 0.459 e. The SMILES string of the molecule is CCCCCC(NC)c1oc2ccc(F)cc2c1C. The topological polar surface area (TPSA) is 25.2 Å². The first-order valence-electron chi connectivity index (χ1n) is 7.03. The molecular weight excluding hydrogens is 241 g/mol. The summed E-state index contributed by atoms with van der Waals surface area (Å²) in [7, 11) is 1.95. The molecular formula is C16H22FNO. The summed E-state index contributed by atoms with van der Waals surface area (Å²) in [5.41, 5.74) is 1.81. The fraction of sp³-hybridized carbons (Fsp3) is 0.500. The first-order chi connectivity index (χ1) is 9.17. The van der Waals surface area contributed by atoms with Crippen LogP contribution < -0.4 is 5.32 Å². The average molecular weight is 263 g/mol. The Labute approximate surface area is 114 Å². The predicted octanol–water partition coefficient (Wildman–Crippen LogP) is 4.72. The van der Waals surface area contributed by atoms with Crippen molar-refractivity contribution in [1.29, 1.82) is 0 Å². The molecule has 1 unspecified atom stereocenters. The lowest BCUT2D eigenvalue weighted by molar-refractivity contribution is 0.417. The third-order valence-corrected chi connectivity index (χ3v) is 3.70. The van der Waals surface area contributed by atoms with Crippen LogP contribution in [0, 0.1) is 12.7 Å². The molecule has 2 aromatic rings. The summed E-state index contributed by atoms with van der Waals surface area (Å²) in [6.45, 7) is 4.20. The van der Waals surface area contributed by atoms with Crippen molar-refractivity contribution < 1.29 is 8.81 Å². The van der Waals surface area contributed by atoms with Crippen molar-refractivity contribution >= 4 is 11.0 Å². The van der Waals surface area contributed by atoms with Crippen LogP contribution in [0.5, 0.6) is 0 Å². The van der Waals surface area contributed by atoms with Crippen molar-refractivity contribution in [3.8, 4) is 0 Å². The van der Waals surface area contributed by atoms with Gasteiger partial charge in [0.05, 0.1) is 6.04 Å². The van der Waals surface area contributed by atoms with E-state index in [9.17, 15) is 4.39 Å². The molecule has 2 nitrogen and oxygen atoms in total. The lowest BCUT2D eigenvalue weighted by atomic mass is 10.0. The van der Waals surface area contributed by atoms with Crippen molar-refractivity contribution in [2.45, 2.75) is 45.6 Å². The van der Waals surface area contributed by atoms with Gasteiger partial charge in [0.25, 0.3) is 0 Å². The maximum atomic E-state index is 13.3. The molecule has 104 valence electrons. The lowest BCUT2D eigenvalue weighted by Crippen LogP contribution is -2.16. The number of hydrogen-bond acceptors (Lipinski definition) is 2. The first kappa shape index (κ1) is 14.1. The molecule has 0 spiro atoms. The fourth-order valence-electron chi connectivity index (χ4n) is 2.55. The molecule has 0 aliphatic carbocycles. The van der Waals surface area contributed by atoms with Gasteiger partial charge in [-0.2, -0.15) is 0 Å². The Morgan fingerprint density at radius 3 is 2.79 bits per heavy atom. The summed E-state index contributed by atoms with van der Waals surface area (Å²) < 4.78 is 19.2. The Kier molecular flexibility index (Phi) is 4.59. The molecule has 0 amide bonds. The highest BCUT2D eigenvalue weighted by Crippen LogP contribution is 2.32. The van der Waals surface area contributed by atoms with Crippen LogP contribution in [-0.4, -0.2) is 7.05 Å². The number of rotatable bonds is 6. The summed E-state index contributed by atoms with van der Waals surface area (Å²) in [4.78, 5) is 0. The lowest BCUT2D eigenvalue weighted by Gasteiger charge is -2.14. The highest BCUT2D eigenvalue weighted by Gasteiger charge is 2.18. The van der Waals surface area contributed by atoms with Crippen molar-refractivity contribution in [1.82, 2.24) is 5.32 Å². The minimum Gasteiger partial charge on any atom is -0.459 e. The molecule has 0 fully saturated rings. The Hall–Kier alpha value is -1.35. The van der Waals surface area contributed by atoms with Gasteiger partial charge in [-0.1, -0.05) is 26.2 Å². The number of hydrogen-bond donors (Lipinski definition) is 1. The quantitative estimate of drug-likeness (QED) is 0.763. The van der Waals surface area contributed by atoms with E-state index in [4.69, 9.17) is 4.42 Å². The maximum absolute atomic E-state index is 13.3. The van der Waals surface area contributed by atoms with Crippen molar-refractivity contribution in [2.75, 3.05) is 7.05 Å². The highest BCUT2D eigenvalue weighted by atomic mass is 19.1. The van der Waals surface area contributed by atoms with Crippen LogP contribution >= 0.6 is 0 Å². The summed E-state index contributed by atoms with van der Waals surface area (Å²) in [5.74, 6) is 0.731. The van der Waals surface area contributed by atoms with Gasteiger partial charge in [0.2, 0.25) is 0 Å². The van der Waals surface area contributed by atoms with E-state index in [0.29, 0.717) is 0 Å². The van der Waals surface area contributed by atoms with Gasteiger partial charge in [-0.15, -0.1) is 0 Å². The highest BCUT2D eigenvalue weighted by molar-refractivity contribution is 5.82. The van der Waals surface area contributed by atoms with Crippen LogP contribution in [0.15, 0.2) is 22.6 Å². The fourth-order valence-corrected chi connectivity index (χ4v) is 2.55. The van der Waals surface area contributed by atoms with Crippen LogP contribution in [0.4, 0.5) is 4.39 Å². The molecule has 19 heavy (non-hydrogen) atoms. The van der Waals surface area contributed by atoms with Crippen molar-refractivity contribution in [3.05, 3.63) is 35.3 Å². The average Bonchev–Trinajstić information content (AvgIpc) is 2.72. The number of nitrogens with one attached hydrogen (secondary N) is 1. The van der Waals surface area contributed by atoms with Gasteiger partial charge in [-0.25, -0.2) is 4.39 Å². The van der Waals surface area contributed by atoms with E-state index >= 15 is 0 Å². The molecule has 0 saturated heterocycles. The third kappa shape index (κ3) is 2.98. The van der Waals surface area contributed by atoms with Crippen molar-refractivity contribution in [3.63, 3.8) is 0 Å². The Bertz CT molecular complexity index is 547. The first-order valence-corrected chi connectivity index (χ1v) is 7.03. The summed E-state index contributed by atoms with van der Waals surface area (Å²) >= 11 is 0. The number of benzene rings is 1. The smallest absolute Gasteiger partial charge is 0.134 e. The minimum absolute atomic E-state index is 0.210. The van der Waals surface area contributed by atoms with Crippen LogP contribution in [-0.2, 0) is 0 Å². The molecule has 0 saturated carbocycles. The second kappa shape index (κ2) is 6.20. The minimum atomic E-state index is -0.213.